The van der Waals surface area contributed by atoms with Crippen molar-refractivity contribution < 1.29 is 9.50 Å². The molecule has 0 aliphatic rings. The first-order chi connectivity index (χ1) is 5.65. The van der Waals surface area contributed by atoms with E-state index in [9.17, 15) is 4.39 Å². The summed E-state index contributed by atoms with van der Waals surface area (Å²) in [5.74, 6) is -0.585. The minimum Gasteiger partial charge on any atom is -0.374 e. The molecule has 0 saturated heterocycles. The molecule has 1 unspecified atom stereocenters. The molecule has 12 heavy (non-hydrogen) atoms. The molecule has 0 amide bonds. The Morgan fingerprint density at radius 1 is 1.58 bits per heavy atom. The molecule has 0 bridgehead atoms. The standard InChI is InChI=1S/C8H5BrFNO/c9-5-1-2-6(7(10)3-5)8(12)4-11/h1-3,8,12H. The van der Waals surface area contributed by atoms with E-state index >= 15 is 0 Å². The molecule has 1 aromatic rings. The summed E-state index contributed by atoms with van der Waals surface area (Å²) >= 11 is 3.06. The molecule has 0 fully saturated rings. The molecule has 4 heteroatoms. The summed E-state index contributed by atoms with van der Waals surface area (Å²) in [6.45, 7) is 0. The van der Waals surface area contributed by atoms with Crippen LogP contribution in [0, 0.1) is 17.1 Å². The summed E-state index contributed by atoms with van der Waals surface area (Å²) in [5.41, 5.74) is 0.000648. The van der Waals surface area contributed by atoms with Crippen molar-refractivity contribution in [2.75, 3.05) is 0 Å². The highest BCUT2D eigenvalue weighted by atomic mass is 79.9. The SMILES string of the molecule is N#CC(O)c1ccc(Br)cc1F. The summed E-state index contributed by atoms with van der Waals surface area (Å²) in [6.07, 6.45) is -1.39. The Balaban J connectivity index is 3.11. The van der Waals surface area contributed by atoms with Crippen LogP contribution in [0.5, 0.6) is 0 Å². The van der Waals surface area contributed by atoms with Gasteiger partial charge in [-0.05, 0) is 12.1 Å². The predicted octanol–water partition coefficient (Wildman–Crippen LogP) is 2.15. The van der Waals surface area contributed by atoms with Gasteiger partial charge in [-0.3, -0.25) is 0 Å². The summed E-state index contributed by atoms with van der Waals surface area (Å²) in [4.78, 5) is 0. The highest BCUT2D eigenvalue weighted by Crippen LogP contribution is 2.20. The van der Waals surface area contributed by atoms with Crippen LogP contribution >= 0.6 is 15.9 Å². The van der Waals surface area contributed by atoms with E-state index in [2.05, 4.69) is 15.9 Å². The number of hydrogen-bond donors (Lipinski definition) is 1. The van der Waals surface area contributed by atoms with Gasteiger partial charge in [0.05, 0.1) is 6.07 Å². The second kappa shape index (κ2) is 3.65. The first-order valence-corrected chi connectivity index (χ1v) is 3.97. The third-order valence-corrected chi connectivity index (χ3v) is 1.87. The average Bonchev–Trinajstić information content (AvgIpc) is 2.03. The zero-order valence-corrected chi connectivity index (χ0v) is 7.55. The largest absolute Gasteiger partial charge is 0.374 e. The lowest BCUT2D eigenvalue weighted by atomic mass is 10.1. The van der Waals surface area contributed by atoms with Gasteiger partial charge >= 0.3 is 0 Å². The Morgan fingerprint density at radius 3 is 2.75 bits per heavy atom. The monoisotopic (exact) mass is 229 g/mol. The van der Waals surface area contributed by atoms with Crippen LogP contribution in [-0.2, 0) is 0 Å². The lowest BCUT2D eigenvalue weighted by Crippen LogP contribution is -1.96. The van der Waals surface area contributed by atoms with Crippen LogP contribution in [0.4, 0.5) is 4.39 Å². The van der Waals surface area contributed by atoms with E-state index in [0.29, 0.717) is 4.47 Å². The molecule has 1 atom stereocenters. The topological polar surface area (TPSA) is 44.0 Å². The third-order valence-electron chi connectivity index (χ3n) is 1.38. The lowest BCUT2D eigenvalue weighted by Gasteiger charge is -2.03. The zero-order valence-electron chi connectivity index (χ0n) is 5.96. The van der Waals surface area contributed by atoms with Crippen molar-refractivity contribution in [2.24, 2.45) is 0 Å². The summed E-state index contributed by atoms with van der Waals surface area (Å²) in [7, 11) is 0. The van der Waals surface area contributed by atoms with Crippen molar-refractivity contribution in [2.45, 2.75) is 6.10 Å². The summed E-state index contributed by atoms with van der Waals surface area (Å²) < 4.78 is 13.5. The minimum absolute atomic E-state index is 0.000648. The number of rotatable bonds is 1. The van der Waals surface area contributed by atoms with E-state index in [0.717, 1.165) is 0 Å². The van der Waals surface area contributed by atoms with Crippen molar-refractivity contribution in [1.82, 2.24) is 0 Å². The van der Waals surface area contributed by atoms with Gasteiger partial charge in [0.1, 0.15) is 5.82 Å². The number of benzene rings is 1. The quantitative estimate of drug-likeness (QED) is 0.751. The van der Waals surface area contributed by atoms with E-state index in [4.69, 9.17) is 10.4 Å². The smallest absolute Gasteiger partial charge is 0.168 e. The molecule has 0 heterocycles. The van der Waals surface area contributed by atoms with Crippen LogP contribution in [0.2, 0.25) is 0 Å². The predicted molar refractivity (Wildman–Crippen MR) is 44.7 cm³/mol. The van der Waals surface area contributed by atoms with Gasteiger partial charge in [-0.25, -0.2) is 4.39 Å². The van der Waals surface area contributed by atoms with E-state index in [1.54, 1.807) is 12.1 Å². The Kier molecular flexibility index (Phi) is 2.79. The molecular weight excluding hydrogens is 225 g/mol. The van der Waals surface area contributed by atoms with Gasteiger partial charge in [0.25, 0.3) is 0 Å². The van der Waals surface area contributed by atoms with Crippen molar-refractivity contribution in [3.8, 4) is 6.07 Å². The van der Waals surface area contributed by atoms with Crippen molar-refractivity contribution in [3.63, 3.8) is 0 Å². The fraction of sp³-hybridized carbons (Fsp3) is 0.125. The molecule has 0 saturated carbocycles. The van der Waals surface area contributed by atoms with E-state index in [-0.39, 0.29) is 5.56 Å². The van der Waals surface area contributed by atoms with E-state index in [1.165, 1.54) is 12.1 Å². The maximum Gasteiger partial charge on any atom is 0.168 e. The minimum atomic E-state index is -1.39. The van der Waals surface area contributed by atoms with Crippen LogP contribution in [-0.4, -0.2) is 5.11 Å². The molecule has 0 aromatic heterocycles. The maximum absolute atomic E-state index is 12.9. The molecule has 1 rings (SSSR count). The number of nitriles is 1. The molecule has 0 spiro atoms. The molecule has 2 nitrogen and oxygen atoms in total. The molecule has 1 aromatic carbocycles. The van der Waals surface area contributed by atoms with Gasteiger partial charge < -0.3 is 5.11 Å². The van der Waals surface area contributed by atoms with Gasteiger partial charge in [0, 0.05) is 10.0 Å². The fourth-order valence-corrected chi connectivity index (χ4v) is 1.13. The first kappa shape index (κ1) is 9.17. The second-order valence-electron chi connectivity index (χ2n) is 2.20. The van der Waals surface area contributed by atoms with Crippen LogP contribution < -0.4 is 0 Å². The van der Waals surface area contributed by atoms with Gasteiger partial charge in [-0.1, -0.05) is 22.0 Å². The fourth-order valence-electron chi connectivity index (χ4n) is 0.793. The normalized spacial score (nSPS) is 12.2. The third kappa shape index (κ3) is 1.81. The van der Waals surface area contributed by atoms with E-state index < -0.39 is 11.9 Å². The Bertz CT molecular complexity index is 334. The number of nitrogens with zero attached hydrogens (tertiary/aromatic N) is 1. The van der Waals surface area contributed by atoms with Gasteiger partial charge in [-0.2, -0.15) is 5.26 Å². The Morgan fingerprint density at radius 2 is 2.25 bits per heavy atom. The molecule has 0 radical (unpaired) electrons. The number of hydrogen-bond acceptors (Lipinski definition) is 2. The zero-order chi connectivity index (χ0) is 9.14. The van der Waals surface area contributed by atoms with Crippen LogP contribution in [0.1, 0.15) is 11.7 Å². The lowest BCUT2D eigenvalue weighted by molar-refractivity contribution is 0.230. The Hall–Kier alpha value is -0.920. The van der Waals surface area contributed by atoms with Gasteiger partial charge in [-0.15, -0.1) is 0 Å². The molecular formula is C8H5BrFNO. The van der Waals surface area contributed by atoms with Gasteiger partial charge in [0.2, 0.25) is 0 Å². The molecule has 0 aliphatic carbocycles. The van der Waals surface area contributed by atoms with E-state index in [1.807, 2.05) is 0 Å². The van der Waals surface area contributed by atoms with Crippen molar-refractivity contribution in [1.29, 1.82) is 5.26 Å². The molecule has 1 N–H and O–H groups in total. The number of halogens is 2. The van der Waals surface area contributed by atoms with Crippen LogP contribution in [0.15, 0.2) is 22.7 Å². The number of aliphatic hydroxyl groups excluding tert-OH is 1. The van der Waals surface area contributed by atoms with Crippen molar-refractivity contribution >= 4 is 15.9 Å². The second-order valence-corrected chi connectivity index (χ2v) is 3.11. The van der Waals surface area contributed by atoms with Gasteiger partial charge in [0.15, 0.2) is 6.10 Å². The molecule has 62 valence electrons. The van der Waals surface area contributed by atoms with Crippen LogP contribution in [0.25, 0.3) is 0 Å². The first-order valence-electron chi connectivity index (χ1n) is 3.18. The summed E-state index contributed by atoms with van der Waals surface area (Å²) in [6, 6.07) is 5.68. The maximum atomic E-state index is 12.9. The average molecular weight is 230 g/mol. The molecule has 0 aliphatic heterocycles. The van der Waals surface area contributed by atoms with Crippen molar-refractivity contribution in [3.05, 3.63) is 34.1 Å². The van der Waals surface area contributed by atoms with Crippen LogP contribution in [0.3, 0.4) is 0 Å². The summed E-state index contributed by atoms with van der Waals surface area (Å²) in [5, 5.41) is 17.3. The number of aliphatic hydroxyl groups is 1. The highest BCUT2D eigenvalue weighted by molar-refractivity contribution is 9.10. The Labute approximate surface area is 77.4 Å². The highest BCUT2D eigenvalue weighted by Gasteiger charge is 2.10.